The zero-order chi connectivity index (χ0) is 16.1. The minimum absolute atomic E-state index is 0.288. The SMILES string of the molecule is CCCOc1cccc(/C=C2\N=C(c3ccccc3)OC2=O)c1. The van der Waals surface area contributed by atoms with Gasteiger partial charge in [-0.15, -0.1) is 0 Å². The Morgan fingerprint density at radius 2 is 1.96 bits per heavy atom. The summed E-state index contributed by atoms with van der Waals surface area (Å²) in [5.74, 6) is 0.670. The molecule has 0 aliphatic carbocycles. The minimum Gasteiger partial charge on any atom is -0.494 e. The number of aliphatic imine (C=N–C) groups is 1. The standard InChI is InChI=1S/C19H17NO3/c1-2-11-22-16-10-6-7-14(12-16)13-17-19(21)23-18(20-17)15-8-4-3-5-9-15/h3-10,12-13H,2,11H2,1H3/b17-13-. The maximum absolute atomic E-state index is 12.0. The summed E-state index contributed by atoms with van der Waals surface area (Å²) in [6, 6.07) is 16.9. The fourth-order valence-corrected chi connectivity index (χ4v) is 2.19. The van der Waals surface area contributed by atoms with Gasteiger partial charge in [-0.05, 0) is 42.3 Å². The molecule has 0 saturated heterocycles. The van der Waals surface area contributed by atoms with Crippen molar-refractivity contribution in [2.24, 2.45) is 4.99 Å². The molecule has 3 rings (SSSR count). The van der Waals surface area contributed by atoms with Crippen LogP contribution in [0.4, 0.5) is 0 Å². The highest BCUT2D eigenvalue weighted by Crippen LogP contribution is 2.21. The van der Waals surface area contributed by atoms with E-state index < -0.39 is 5.97 Å². The lowest BCUT2D eigenvalue weighted by Crippen LogP contribution is -2.04. The number of cyclic esters (lactones) is 1. The maximum atomic E-state index is 12.0. The molecule has 0 aromatic heterocycles. The van der Waals surface area contributed by atoms with Gasteiger partial charge in [0.2, 0.25) is 5.90 Å². The second kappa shape index (κ2) is 6.92. The monoisotopic (exact) mass is 307 g/mol. The van der Waals surface area contributed by atoms with Crippen molar-refractivity contribution in [2.45, 2.75) is 13.3 Å². The van der Waals surface area contributed by atoms with Gasteiger partial charge in [-0.25, -0.2) is 9.79 Å². The number of nitrogens with zero attached hydrogens (tertiary/aromatic N) is 1. The van der Waals surface area contributed by atoms with Crippen LogP contribution in [0.25, 0.3) is 6.08 Å². The first-order valence-electron chi connectivity index (χ1n) is 7.57. The van der Waals surface area contributed by atoms with Crippen LogP contribution < -0.4 is 4.74 Å². The van der Waals surface area contributed by atoms with E-state index in [0.717, 1.165) is 23.3 Å². The van der Waals surface area contributed by atoms with Crippen molar-refractivity contribution in [3.8, 4) is 5.75 Å². The molecule has 0 unspecified atom stereocenters. The van der Waals surface area contributed by atoms with Crippen LogP contribution in [-0.4, -0.2) is 18.5 Å². The van der Waals surface area contributed by atoms with Gasteiger partial charge in [-0.3, -0.25) is 0 Å². The Labute approximate surface area is 135 Å². The van der Waals surface area contributed by atoms with Crippen molar-refractivity contribution in [3.63, 3.8) is 0 Å². The number of hydrogen-bond acceptors (Lipinski definition) is 4. The summed E-state index contributed by atoms with van der Waals surface area (Å²) >= 11 is 0. The average molecular weight is 307 g/mol. The van der Waals surface area contributed by atoms with Gasteiger partial charge in [-0.1, -0.05) is 37.3 Å². The van der Waals surface area contributed by atoms with Crippen LogP contribution in [0.1, 0.15) is 24.5 Å². The molecule has 0 fully saturated rings. The van der Waals surface area contributed by atoms with Crippen molar-refractivity contribution in [3.05, 3.63) is 71.4 Å². The van der Waals surface area contributed by atoms with Gasteiger partial charge in [0.1, 0.15) is 5.75 Å². The van der Waals surface area contributed by atoms with Crippen LogP contribution in [0.3, 0.4) is 0 Å². The summed E-state index contributed by atoms with van der Waals surface area (Å²) in [6.07, 6.45) is 2.65. The van der Waals surface area contributed by atoms with E-state index in [9.17, 15) is 4.79 Å². The summed E-state index contributed by atoms with van der Waals surface area (Å²) in [4.78, 5) is 16.3. The Morgan fingerprint density at radius 1 is 1.13 bits per heavy atom. The third-order valence-electron chi connectivity index (χ3n) is 3.28. The molecule has 2 aromatic rings. The summed E-state index contributed by atoms with van der Waals surface area (Å²) in [6.45, 7) is 2.72. The van der Waals surface area contributed by atoms with Gasteiger partial charge in [0.15, 0.2) is 5.70 Å². The number of ether oxygens (including phenoxy) is 2. The predicted molar refractivity (Wildman–Crippen MR) is 89.3 cm³/mol. The molecular weight excluding hydrogens is 290 g/mol. The average Bonchev–Trinajstić information content (AvgIpc) is 2.95. The first-order chi connectivity index (χ1) is 11.3. The predicted octanol–water partition coefficient (Wildman–Crippen LogP) is 3.82. The molecule has 116 valence electrons. The van der Waals surface area contributed by atoms with Crippen LogP contribution in [-0.2, 0) is 9.53 Å². The summed E-state index contributed by atoms with van der Waals surface area (Å²) in [7, 11) is 0. The van der Waals surface area contributed by atoms with Crippen LogP contribution in [0.15, 0.2) is 65.3 Å². The third kappa shape index (κ3) is 3.66. The molecule has 0 bridgehead atoms. The van der Waals surface area contributed by atoms with E-state index in [0.29, 0.717) is 12.5 Å². The fraction of sp³-hybridized carbons (Fsp3) is 0.158. The van der Waals surface area contributed by atoms with Crippen molar-refractivity contribution in [1.82, 2.24) is 0 Å². The number of carbonyl (C=O) groups excluding carboxylic acids is 1. The number of carbonyl (C=O) groups is 1. The molecule has 23 heavy (non-hydrogen) atoms. The van der Waals surface area contributed by atoms with Crippen molar-refractivity contribution >= 4 is 17.9 Å². The lowest BCUT2D eigenvalue weighted by atomic mass is 10.2. The number of rotatable bonds is 5. The van der Waals surface area contributed by atoms with E-state index in [1.807, 2.05) is 54.6 Å². The Balaban J connectivity index is 1.84. The zero-order valence-electron chi connectivity index (χ0n) is 12.9. The highest BCUT2D eigenvalue weighted by atomic mass is 16.6. The van der Waals surface area contributed by atoms with E-state index in [1.54, 1.807) is 6.08 Å². The van der Waals surface area contributed by atoms with Gasteiger partial charge >= 0.3 is 5.97 Å². The van der Waals surface area contributed by atoms with Crippen LogP contribution in [0.5, 0.6) is 5.75 Å². The highest BCUT2D eigenvalue weighted by Gasteiger charge is 2.23. The Morgan fingerprint density at radius 3 is 2.74 bits per heavy atom. The number of esters is 1. The third-order valence-corrected chi connectivity index (χ3v) is 3.28. The van der Waals surface area contributed by atoms with Gasteiger partial charge in [0.25, 0.3) is 0 Å². The second-order valence-electron chi connectivity index (χ2n) is 5.12. The van der Waals surface area contributed by atoms with Crippen molar-refractivity contribution in [1.29, 1.82) is 0 Å². The number of benzene rings is 2. The molecule has 4 heteroatoms. The molecule has 1 aliphatic rings. The highest BCUT2D eigenvalue weighted by molar-refractivity contribution is 6.12. The quantitative estimate of drug-likeness (QED) is 0.623. The van der Waals surface area contributed by atoms with E-state index in [2.05, 4.69) is 11.9 Å². The fourth-order valence-electron chi connectivity index (χ4n) is 2.19. The molecule has 0 N–H and O–H groups in total. The zero-order valence-corrected chi connectivity index (χ0v) is 12.9. The van der Waals surface area contributed by atoms with Gasteiger partial charge in [0, 0.05) is 5.56 Å². The Hall–Kier alpha value is -2.88. The van der Waals surface area contributed by atoms with Crippen LogP contribution in [0.2, 0.25) is 0 Å². The molecule has 1 heterocycles. The van der Waals surface area contributed by atoms with E-state index in [4.69, 9.17) is 9.47 Å². The summed E-state index contributed by atoms with van der Waals surface area (Å²) < 4.78 is 10.8. The molecule has 0 saturated carbocycles. The number of hydrogen-bond donors (Lipinski definition) is 0. The summed E-state index contributed by atoms with van der Waals surface area (Å²) in [5, 5.41) is 0. The largest absolute Gasteiger partial charge is 0.494 e. The molecule has 2 aromatic carbocycles. The van der Waals surface area contributed by atoms with Gasteiger partial charge < -0.3 is 9.47 Å². The van der Waals surface area contributed by atoms with E-state index >= 15 is 0 Å². The van der Waals surface area contributed by atoms with Gasteiger partial charge in [-0.2, -0.15) is 0 Å². The van der Waals surface area contributed by atoms with Crippen molar-refractivity contribution < 1.29 is 14.3 Å². The van der Waals surface area contributed by atoms with Crippen LogP contribution >= 0.6 is 0 Å². The smallest absolute Gasteiger partial charge is 0.363 e. The molecular formula is C19H17NO3. The maximum Gasteiger partial charge on any atom is 0.363 e. The molecule has 0 amide bonds. The normalized spacial score (nSPS) is 15.4. The molecule has 0 atom stereocenters. The Bertz CT molecular complexity index is 763. The topological polar surface area (TPSA) is 47.9 Å². The second-order valence-corrected chi connectivity index (χ2v) is 5.12. The van der Waals surface area contributed by atoms with Crippen molar-refractivity contribution in [2.75, 3.05) is 6.61 Å². The lowest BCUT2D eigenvalue weighted by Gasteiger charge is -2.04. The van der Waals surface area contributed by atoms with Crippen LogP contribution in [0, 0.1) is 0 Å². The van der Waals surface area contributed by atoms with E-state index in [1.165, 1.54) is 0 Å². The minimum atomic E-state index is -0.441. The van der Waals surface area contributed by atoms with Gasteiger partial charge in [0.05, 0.1) is 6.61 Å². The molecule has 0 spiro atoms. The first-order valence-corrected chi connectivity index (χ1v) is 7.57. The molecule has 1 aliphatic heterocycles. The van der Waals surface area contributed by atoms with E-state index in [-0.39, 0.29) is 5.70 Å². The molecule has 4 nitrogen and oxygen atoms in total. The Kier molecular flexibility index (Phi) is 4.52. The first kappa shape index (κ1) is 15.0. The molecule has 0 radical (unpaired) electrons. The lowest BCUT2D eigenvalue weighted by molar-refractivity contribution is -0.129. The summed E-state index contributed by atoms with van der Waals surface area (Å²) in [5.41, 5.74) is 1.92.